The summed E-state index contributed by atoms with van der Waals surface area (Å²) in [6.45, 7) is 1.93. The highest BCUT2D eigenvalue weighted by molar-refractivity contribution is 6.33. The Kier molecular flexibility index (Phi) is 3.46. The number of hydrogen-bond donors (Lipinski definition) is 1. The van der Waals surface area contributed by atoms with E-state index in [4.69, 9.17) is 17.3 Å². The lowest BCUT2D eigenvalue weighted by molar-refractivity contribution is 0.628. The Balaban J connectivity index is 2.40. The second-order valence-corrected chi connectivity index (χ2v) is 4.44. The van der Waals surface area contributed by atoms with Crippen LogP contribution in [-0.4, -0.2) is 0 Å². The van der Waals surface area contributed by atoms with Crippen molar-refractivity contribution in [2.45, 2.75) is 13.0 Å². The van der Waals surface area contributed by atoms with Crippen LogP contribution in [-0.2, 0) is 0 Å². The van der Waals surface area contributed by atoms with E-state index in [0.717, 1.165) is 16.7 Å². The van der Waals surface area contributed by atoms with Crippen molar-refractivity contribution in [1.82, 2.24) is 0 Å². The van der Waals surface area contributed by atoms with E-state index >= 15 is 0 Å². The van der Waals surface area contributed by atoms with Gasteiger partial charge in [0.25, 0.3) is 0 Å². The summed E-state index contributed by atoms with van der Waals surface area (Å²) >= 11 is 6.00. The first kappa shape index (κ1) is 12.1. The van der Waals surface area contributed by atoms with E-state index in [2.05, 4.69) is 0 Å². The molecule has 0 spiro atoms. The fraction of sp³-hybridized carbons (Fsp3) is 0.143. The molecule has 1 nitrogen and oxygen atoms in total. The van der Waals surface area contributed by atoms with Gasteiger partial charge in [-0.2, -0.15) is 0 Å². The summed E-state index contributed by atoms with van der Waals surface area (Å²) in [5.74, 6) is -0.328. The van der Waals surface area contributed by atoms with Crippen molar-refractivity contribution in [2.75, 3.05) is 0 Å². The molecule has 17 heavy (non-hydrogen) atoms. The van der Waals surface area contributed by atoms with E-state index < -0.39 is 0 Å². The Morgan fingerprint density at radius 2 is 1.76 bits per heavy atom. The van der Waals surface area contributed by atoms with E-state index in [0.29, 0.717) is 5.02 Å². The lowest BCUT2D eigenvalue weighted by Gasteiger charge is -2.08. The van der Waals surface area contributed by atoms with Crippen LogP contribution in [0.1, 0.15) is 18.5 Å². The van der Waals surface area contributed by atoms with Gasteiger partial charge in [-0.05, 0) is 36.2 Å². The van der Waals surface area contributed by atoms with E-state index in [9.17, 15) is 4.39 Å². The average Bonchev–Trinajstić information content (AvgIpc) is 2.29. The minimum absolute atomic E-state index is 0.00717. The van der Waals surface area contributed by atoms with Crippen molar-refractivity contribution in [3.05, 3.63) is 58.9 Å². The van der Waals surface area contributed by atoms with Crippen molar-refractivity contribution in [2.24, 2.45) is 5.73 Å². The zero-order valence-electron chi connectivity index (χ0n) is 9.45. The molecule has 1 atom stereocenters. The monoisotopic (exact) mass is 249 g/mol. The third-order valence-corrected chi connectivity index (χ3v) is 2.99. The smallest absolute Gasteiger partial charge is 0.124 e. The minimum atomic E-state index is -0.328. The molecule has 2 rings (SSSR count). The number of rotatable bonds is 2. The standard InChI is InChI=1S/C14H13ClFN/c1-9(17)10-2-4-11(5-3-10)13-7-6-12(16)8-14(13)15/h2-9H,17H2,1H3. The van der Waals surface area contributed by atoms with Gasteiger partial charge in [-0.3, -0.25) is 0 Å². The Morgan fingerprint density at radius 1 is 1.12 bits per heavy atom. The molecule has 2 aromatic rings. The summed E-state index contributed by atoms with van der Waals surface area (Å²) in [6, 6.07) is 12.2. The van der Waals surface area contributed by atoms with E-state index in [1.165, 1.54) is 12.1 Å². The number of hydrogen-bond acceptors (Lipinski definition) is 1. The maximum atomic E-state index is 12.9. The summed E-state index contributed by atoms with van der Waals surface area (Å²) in [4.78, 5) is 0. The molecule has 0 radical (unpaired) electrons. The Bertz CT molecular complexity index is 520. The first-order valence-corrected chi connectivity index (χ1v) is 5.76. The van der Waals surface area contributed by atoms with Crippen LogP contribution in [0.5, 0.6) is 0 Å². The zero-order valence-corrected chi connectivity index (χ0v) is 10.2. The van der Waals surface area contributed by atoms with Gasteiger partial charge < -0.3 is 5.73 Å². The quantitative estimate of drug-likeness (QED) is 0.850. The molecule has 0 saturated heterocycles. The molecular formula is C14H13ClFN. The minimum Gasteiger partial charge on any atom is -0.324 e. The Morgan fingerprint density at radius 3 is 2.29 bits per heavy atom. The van der Waals surface area contributed by atoms with Crippen LogP contribution in [0.15, 0.2) is 42.5 Å². The van der Waals surface area contributed by atoms with Gasteiger partial charge in [0.2, 0.25) is 0 Å². The van der Waals surface area contributed by atoms with Gasteiger partial charge in [-0.15, -0.1) is 0 Å². The first-order valence-electron chi connectivity index (χ1n) is 5.39. The van der Waals surface area contributed by atoms with Crippen molar-refractivity contribution in [3.63, 3.8) is 0 Å². The van der Waals surface area contributed by atoms with Crippen LogP contribution in [0.4, 0.5) is 4.39 Å². The van der Waals surface area contributed by atoms with Gasteiger partial charge in [0.05, 0.1) is 5.02 Å². The average molecular weight is 250 g/mol. The molecule has 2 aromatic carbocycles. The SMILES string of the molecule is CC(N)c1ccc(-c2ccc(F)cc2Cl)cc1. The van der Waals surface area contributed by atoms with Crippen LogP contribution in [0.3, 0.4) is 0 Å². The first-order chi connectivity index (χ1) is 8.08. The second-order valence-electron chi connectivity index (χ2n) is 4.03. The van der Waals surface area contributed by atoms with Crippen LogP contribution >= 0.6 is 11.6 Å². The maximum absolute atomic E-state index is 12.9. The third-order valence-electron chi connectivity index (χ3n) is 2.68. The van der Waals surface area contributed by atoms with Crippen molar-refractivity contribution in [3.8, 4) is 11.1 Å². The molecule has 0 fully saturated rings. The fourth-order valence-corrected chi connectivity index (χ4v) is 1.97. The molecule has 2 N–H and O–H groups in total. The van der Waals surface area contributed by atoms with Crippen LogP contribution < -0.4 is 5.73 Å². The molecule has 0 saturated carbocycles. The summed E-state index contributed by atoms with van der Waals surface area (Å²) in [5, 5.41) is 0.415. The van der Waals surface area contributed by atoms with Gasteiger partial charge >= 0.3 is 0 Å². The Hall–Kier alpha value is -1.38. The molecule has 3 heteroatoms. The highest BCUT2D eigenvalue weighted by atomic mass is 35.5. The lowest BCUT2D eigenvalue weighted by Crippen LogP contribution is -2.04. The number of nitrogens with two attached hydrogens (primary N) is 1. The normalized spacial score (nSPS) is 12.5. The van der Waals surface area contributed by atoms with E-state index in [1.807, 2.05) is 31.2 Å². The summed E-state index contributed by atoms with van der Waals surface area (Å²) in [6.07, 6.45) is 0. The van der Waals surface area contributed by atoms with Gasteiger partial charge in [0, 0.05) is 11.6 Å². The highest BCUT2D eigenvalue weighted by Crippen LogP contribution is 2.29. The molecular weight excluding hydrogens is 237 g/mol. The van der Waals surface area contributed by atoms with Gasteiger partial charge in [0.1, 0.15) is 5.82 Å². The molecule has 0 aliphatic heterocycles. The molecule has 0 aromatic heterocycles. The van der Waals surface area contributed by atoms with Gasteiger partial charge in [-0.25, -0.2) is 4.39 Å². The molecule has 88 valence electrons. The zero-order chi connectivity index (χ0) is 12.4. The summed E-state index contributed by atoms with van der Waals surface area (Å²) in [5.41, 5.74) is 8.62. The fourth-order valence-electron chi connectivity index (χ4n) is 1.69. The highest BCUT2D eigenvalue weighted by Gasteiger charge is 2.05. The maximum Gasteiger partial charge on any atom is 0.124 e. The summed E-state index contributed by atoms with van der Waals surface area (Å²) < 4.78 is 12.9. The van der Waals surface area contributed by atoms with Crippen molar-refractivity contribution in [1.29, 1.82) is 0 Å². The van der Waals surface area contributed by atoms with Crippen LogP contribution in [0.25, 0.3) is 11.1 Å². The molecule has 0 amide bonds. The largest absolute Gasteiger partial charge is 0.324 e. The van der Waals surface area contributed by atoms with Crippen molar-refractivity contribution < 1.29 is 4.39 Å². The molecule has 0 aliphatic carbocycles. The van der Waals surface area contributed by atoms with Crippen LogP contribution in [0, 0.1) is 5.82 Å². The topological polar surface area (TPSA) is 26.0 Å². The predicted molar refractivity (Wildman–Crippen MR) is 69.4 cm³/mol. The lowest BCUT2D eigenvalue weighted by atomic mass is 10.0. The molecule has 1 unspecified atom stereocenters. The molecule has 0 bridgehead atoms. The summed E-state index contributed by atoms with van der Waals surface area (Å²) in [7, 11) is 0. The Labute approximate surface area is 105 Å². The molecule has 0 heterocycles. The number of benzene rings is 2. The van der Waals surface area contributed by atoms with E-state index in [-0.39, 0.29) is 11.9 Å². The predicted octanol–water partition coefficient (Wildman–Crippen LogP) is 4.17. The second kappa shape index (κ2) is 4.86. The third kappa shape index (κ3) is 2.65. The van der Waals surface area contributed by atoms with Gasteiger partial charge in [-0.1, -0.05) is 35.9 Å². The van der Waals surface area contributed by atoms with E-state index in [1.54, 1.807) is 6.07 Å². The van der Waals surface area contributed by atoms with Gasteiger partial charge in [0.15, 0.2) is 0 Å². The molecule has 0 aliphatic rings. The van der Waals surface area contributed by atoms with Crippen LogP contribution in [0.2, 0.25) is 5.02 Å². The van der Waals surface area contributed by atoms with Crippen molar-refractivity contribution >= 4 is 11.6 Å². The number of halogens is 2.